The molecule has 2 unspecified atom stereocenters. The predicted molar refractivity (Wildman–Crippen MR) is 107 cm³/mol. The van der Waals surface area contributed by atoms with Crippen molar-refractivity contribution >= 4 is 6.08 Å². The van der Waals surface area contributed by atoms with Crippen molar-refractivity contribution in [1.82, 2.24) is 15.0 Å². The van der Waals surface area contributed by atoms with Gasteiger partial charge in [-0.25, -0.2) is 4.68 Å². The van der Waals surface area contributed by atoms with Crippen LogP contribution in [0.15, 0.2) is 65.8 Å². The molecule has 1 aliphatic rings. The van der Waals surface area contributed by atoms with Gasteiger partial charge >= 0.3 is 0 Å². The van der Waals surface area contributed by atoms with Crippen LogP contribution in [-0.4, -0.2) is 15.0 Å². The van der Waals surface area contributed by atoms with Crippen LogP contribution in [0.25, 0.3) is 6.08 Å². The Kier molecular flexibility index (Phi) is 6.13. The Morgan fingerprint density at radius 3 is 2.60 bits per heavy atom. The fraction of sp³-hybridized carbons (Fsp3) is 0.364. The molecule has 2 atom stereocenters. The van der Waals surface area contributed by atoms with Crippen molar-refractivity contribution in [3.63, 3.8) is 0 Å². The third kappa shape index (κ3) is 5.02. The molecule has 0 amide bonds. The minimum absolute atomic E-state index is 0.0577. The zero-order chi connectivity index (χ0) is 18.6. The minimum Gasteiger partial charge on any atom is -0.234 e. The number of aromatic nitrogens is 3. The molecule has 0 aliphatic heterocycles. The molecule has 1 aromatic rings. The SMILES string of the molecule is C=C(C)/C=C(C)/C=C/C(C(=C)C=C(C)C)n1nnc2c1C=CC(C)C2. The summed E-state index contributed by atoms with van der Waals surface area (Å²) in [6.07, 6.45) is 13.7. The first kappa shape index (κ1) is 18.9. The second-order valence-electron chi connectivity index (χ2n) is 7.24. The van der Waals surface area contributed by atoms with E-state index in [9.17, 15) is 0 Å². The first-order valence-electron chi connectivity index (χ1n) is 8.76. The van der Waals surface area contributed by atoms with E-state index in [0.29, 0.717) is 5.92 Å². The molecule has 3 heteroatoms. The molecule has 0 fully saturated rings. The van der Waals surface area contributed by atoms with E-state index in [2.05, 4.69) is 87.6 Å². The van der Waals surface area contributed by atoms with Gasteiger partial charge < -0.3 is 0 Å². The van der Waals surface area contributed by atoms with Gasteiger partial charge in [-0.2, -0.15) is 0 Å². The highest BCUT2D eigenvalue weighted by atomic mass is 15.4. The molecule has 0 radical (unpaired) electrons. The molecular weight excluding hydrogens is 306 g/mol. The van der Waals surface area contributed by atoms with E-state index in [4.69, 9.17) is 0 Å². The average molecular weight is 335 g/mol. The largest absolute Gasteiger partial charge is 0.234 e. The fourth-order valence-electron chi connectivity index (χ4n) is 2.98. The van der Waals surface area contributed by atoms with E-state index < -0.39 is 0 Å². The molecule has 0 bridgehead atoms. The quantitative estimate of drug-likeness (QED) is 0.631. The zero-order valence-electron chi connectivity index (χ0n) is 16.1. The van der Waals surface area contributed by atoms with Crippen molar-refractivity contribution in [1.29, 1.82) is 0 Å². The normalized spacial score (nSPS) is 18.1. The third-order valence-electron chi connectivity index (χ3n) is 4.04. The lowest BCUT2D eigenvalue weighted by molar-refractivity contribution is 0.580. The van der Waals surface area contributed by atoms with Crippen molar-refractivity contribution in [3.8, 4) is 0 Å². The zero-order valence-corrected chi connectivity index (χ0v) is 16.1. The van der Waals surface area contributed by atoms with Gasteiger partial charge in [0, 0.05) is 0 Å². The van der Waals surface area contributed by atoms with Crippen molar-refractivity contribution < 1.29 is 0 Å². The predicted octanol–water partition coefficient (Wildman–Crippen LogP) is 5.63. The van der Waals surface area contributed by atoms with Crippen molar-refractivity contribution in [2.45, 2.75) is 47.1 Å². The maximum Gasteiger partial charge on any atom is 0.0971 e. The summed E-state index contributed by atoms with van der Waals surface area (Å²) in [6.45, 7) is 18.6. The Morgan fingerprint density at radius 2 is 1.96 bits per heavy atom. The maximum absolute atomic E-state index is 4.44. The Hall–Kier alpha value is -2.42. The van der Waals surface area contributed by atoms with Crippen LogP contribution in [0.4, 0.5) is 0 Å². The number of rotatable bonds is 6. The second-order valence-corrected chi connectivity index (χ2v) is 7.24. The first-order chi connectivity index (χ1) is 11.8. The van der Waals surface area contributed by atoms with E-state index in [1.54, 1.807) is 0 Å². The summed E-state index contributed by atoms with van der Waals surface area (Å²) in [5.74, 6) is 0.508. The Morgan fingerprint density at radius 1 is 1.24 bits per heavy atom. The van der Waals surface area contributed by atoms with Gasteiger partial charge in [-0.3, -0.25) is 0 Å². The molecule has 1 aliphatic carbocycles. The number of nitrogens with zero attached hydrogens (tertiary/aromatic N) is 3. The summed E-state index contributed by atoms with van der Waals surface area (Å²) in [5, 5.41) is 8.84. The molecule has 0 saturated carbocycles. The van der Waals surface area contributed by atoms with Crippen molar-refractivity contribution in [2.24, 2.45) is 5.92 Å². The van der Waals surface area contributed by atoms with Gasteiger partial charge in [0.1, 0.15) is 0 Å². The first-order valence-corrected chi connectivity index (χ1v) is 8.76. The Balaban J connectivity index is 2.42. The molecule has 3 nitrogen and oxygen atoms in total. The highest BCUT2D eigenvalue weighted by molar-refractivity contribution is 5.51. The highest BCUT2D eigenvalue weighted by Crippen LogP contribution is 2.27. The smallest absolute Gasteiger partial charge is 0.0971 e. The van der Waals surface area contributed by atoms with Crippen LogP contribution >= 0.6 is 0 Å². The lowest BCUT2D eigenvalue weighted by Crippen LogP contribution is -2.13. The monoisotopic (exact) mass is 335 g/mol. The number of hydrogen-bond donors (Lipinski definition) is 0. The number of allylic oxidation sites excluding steroid dienone is 9. The van der Waals surface area contributed by atoms with Gasteiger partial charge in [-0.1, -0.05) is 72.4 Å². The summed E-state index contributed by atoms with van der Waals surface area (Å²) < 4.78 is 1.98. The third-order valence-corrected chi connectivity index (χ3v) is 4.04. The van der Waals surface area contributed by atoms with Gasteiger partial charge in [-0.05, 0) is 51.7 Å². The van der Waals surface area contributed by atoms with E-state index in [1.165, 1.54) is 5.57 Å². The molecule has 25 heavy (non-hydrogen) atoms. The number of fused-ring (bicyclic) bond motifs is 1. The average Bonchev–Trinajstić information content (AvgIpc) is 2.89. The van der Waals surface area contributed by atoms with Crippen molar-refractivity contribution in [3.05, 3.63) is 77.2 Å². The number of hydrogen-bond acceptors (Lipinski definition) is 2. The van der Waals surface area contributed by atoms with E-state index in [-0.39, 0.29) is 6.04 Å². The van der Waals surface area contributed by atoms with Crippen LogP contribution in [0.5, 0.6) is 0 Å². The highest BCUT2D eigenvalue weighted by Gasteiger charge is 2.21. The minimum atomic E-state index is -0.0577. The van der Waals surface area contributed by atoms with Crippen LogP contribution in [0.1, 0.15) is 52.0 Å². The molecule has 0 N–H and O–H groups in total. The molecule has 2 rings (SSSR count). The maximum atomic E-state index is 4.44. The molecule has 1 aromatic heterocycles. The molecule has 0 spiro atoms. The van der Waals surface area contributed by atoms with Gasteiger partial charge in [0.05, 0.1) is 17.4 Å². The van der Waals surface area contributed by atoms with Gasteiger partial charge in [0.15, 0.2) is 0 Å². The van der Waals surface area contributed by atoms with Gasteiger partial charge in [-0.15, -0.1) is 5.10 Å². The van der Waals surface area contributed by atoms with Crippen LogP contribution in [-0.2, 0) is 6.42 Å². The lowest BCUT2D eigenvalue weighted by Gasteiger charge is -2.18. The Bertz CT molecular complexity index is 780. The Labute approximate surface area is 151 Å². The molecule has 0 saturated heterocycles. The lowest BCUT2D eigenvalue weighted by atomic mass is 9.97. The van der Waals surface area contributed by atoms with Crippen LogP contribution in [0, 0.1) is 5.92 Å². The van der Waals surface area contributed by atoms with Gasteiger partial charge in [0.25, 0.3) is 0 Å². The summed E-state index contributed by atoms with van der Waals surface area (Å²) in [5.41, 5.74) is 6.55. The topological polar surface area (TPSA) is 30.7 Å². The summed E-state index contributed by atoms with van der Waals surface area (Å²) in [7, 11) is 0. The summed E-state index contributed by atoms with van der Waals surface area (Å²) in [6, 6.07) is -0.0577. The van der Waals surface area contributed by atoms with Crippen LogP contribution < -0.4 is 0 Å². The van der Waals surface area contributed by atoms with E-state index >= 15 is 0 Å². The van der Waals surface area contributed by atoms with E-state index in [0.717, 1.165) is 34.5 Å². The second kappa shape index (κ2) is 8.11. The summed E-state index contributed by atoms with van der Waals surface area (Å²) in [4.78, 5) is 0. The molecule has 0 aromatic carbocycles. The molecule has 1 heterocycles. The summed E-state index contributed by atoms with van der Waals surface area (Å²) >= 11 is 0. The fourth-order valence-corrected chi connectivity index (χ4v) is 2.98. The standard InChI is InChI=1S/C22H29N3/c1-15(2)12-17(5)8-10-21(19(7)13-16(3)4)25-22-11-9-18(6)14-20(22)23-24-25/h8-13,18,21H,1,7,14H2,2-6H3/b10-8+,17-12+. The molecule has 132 valence electrons. The molecular formula is C22H29N3. The van der Waals surface area contributed by atoms with Crippen LogP contribution in [0.2, 0.25) is 0 Å². The van der Waals surface area contributed by atoms with Crippen molar-refractivity contribution in [2.75, 3.05) is 0 Å². The van der Waals surface area contributed by atoms with Gasteiger partial charge in [0.2, 0.25) is 0 Å². The van der Waals surface area contributed by atoms with E-state index in [1.807, 2.05) is 11.6 Å². The van der Waals surface area contributed by atoms with Crippen LogP contribution in [0.3, 0.4) is 0 Å².